The van der Waals surface area contributed by atoms with Gasteiger partial charge in [0.2, 0.25) is 0 Å². The van der Waals surface area contributed by atoms with Gasteiger partial charge in [0.1, 0.15) is 0 Å². The van der Waals surface area contributed by atoms with E-state index in [0.717, 1.165) is 23.7 Å². The molecule has 1 heteroatoms. The molecule has 7 atom stereocenters. The van der Waals surface area contributed by atoms with Gasteiger partial charge in [0.25, 0.3) is 0 Å². The minimum absolute atomic E-state index is 0.556. The number of hydrogen-bond donors (Lipinski definition) is 0. The second kappa shape index (κ2) is 4.98. The molecule has 21 heavy (non-hydrogen) atoms. The Balaban J connectivity index is 1.59. The molecule has 6 unspecified atom stereocenters. The van der Waals surface area contributed by atoms with E-state index < -0.39 is 0 Å². The van der Waals surface area contributed by atoms with Gasteiger partial charge in [-0.15, -0.1) is 0 Å². The number of ether oxygens (including phenoxy) is 1. The molecular weight excluding hydrogens is 256 g/mol. The highest BCUT2D eigenvalue weighted by Crippen LogP contribution is 2.66. The first kappa shape index (κ1) is 14.5. The average molecular weight is 290 g/mol. The summed E-state index contributed by atoms with van der Waals surface area (Å²) >= 11 is 0. The second-order valence-corrected chi connectivity index (χ2v) is 9.37. The van der Waals surface area contributed by atoms with Crippen LogP contribution in [0.5, 0.6) is 0 Å². The highest BCUT2D eigenvalue weighted by atomic mass is 16.5. The maximum atomic E-state index is 5.71. The normalized spacial score (nSPS) is 56.4. The fourth-order valence-electron chi connectivity index (χ4n) is 7.43. The topological polar surface area (TPSA) is 9.23 Å². The second-order valence-electron chi connectivity index (χ2n) is 9.37. The van der Waals surface area contributed by atoms with Gasteiger partial charge >= 0.3 is 0 Å². The van der Waals surface area contributed by atoms with E-state index >= 15 is 0 Å². The summed E-state index contributed by atoms with van der Waals surface area (Å²) in [5.41, 5.74) is 1.36. The van der Waals surface area contributed by atoms with Crippen molar-refractivity contribution in [2.45, 2.75) is 84.2 Å². The Hall–Kier alpha value is -0.0400. The van der Waals surface area contributed by atoms with Gasteiger partial charge in [-0.3, -0.25) is 0 Å². The molecule has 4 aliphatic carbocycles. The van der Waals surface area contributed by atoms with E-state index in [9.17, 15) is 0 Å². The maximum Gasteiger partial charge on any atom is 0.0574 e. The summed E-state index contributed by atoms with van der Waals surface area (Å²) in [6, 6.07) is 0. The Bertz CT molecular complexity index is 405. The lowest BCUT2D eigenvalue weighted by Crippen LogP contribution is -2.53. The minimum Gasteiger partial charge on any atom is -0.381 e. The fraction of sp³-hybridized carbons (Fsp3) is 1.00. The van der Waals surface area contributed by atoms with Gasteiger partial charge in [0.15, 0.2) is 0 Å². The predicted octanol–water partition coefficient (Wildman–Crippen LogP) is 5.43. The molecule has 4 aliphatic rings. The van der Waals surface area contributed by atoms with Crippen molar-refractivity contribution < 1.29 is 4.74 Å². The summed E-state index contributed by atoms with van der Waals surface area (Å²) in [6.07, 6.45) is 15.3. The first-order valence-electron chi connectivity index (χ1n) is 9.60. The average Bonchev–Trinajstić information content (AvgIpc) is 2.88. The van der Waals surface area contributed by atoms with E-state index in [1.54, 1.807) is 6.42 Å². The van der Waals surface area contributed by atoms with Crippen LogP contribution < -0.4 is 0 Å². The van der Waals surface area contributed by atoms with E-state index in [1.807, 2.05) is 7.11 Å². The zero-order valence-electron chi connectivity index (χ0n) is 14.4. The molecule has 0 heterocycles. The third-order valence-electron chi connectivity index (χ3n) is 8.73. The quantitative estimate of drug-likeness (QED) is 0.625. The van der Waals surface area contributed by atoms with Crippen LogP contribution in [0, 0.1) is 34.5 Å². The first-order chi connectivity index (χ1) is 10.1. The summed E-state index contributed by atoms with van der Waals surface area (Å²) in [4.78, 5) is 0. The fourth-order valence-corrected chi connectivity index (χ4v) is 7.43. The molecule has 0 aromatic heterocycles. The zero-order valence-corrected chi connectivity index (χ0v) is 14.4. The molecule has 4 fully saturated rings. The van der Waals surface area contributed by atoms with Crippen LogP contribution in [0.15, 0.2) is 0 Å². The third-order valence-corrected chi connectivity index (χ3v) is 8.73. The molecule has 0 N–H and O–H groups in total. The minimum atomic E-state index is 0.556. The van der Waals surface area contributed by atoms with Gasteiger partial charge in [-0.1, -0.05) is 20.3 Å². The smallest absolute Gasteiger partial charge is 0.0574 e. The Morgan fingerprint density at radius 1 is 0.857 bits per heavy atom. The van der Waals surface area contributed by atoms with Gasteiger partial charge in [0.05, 0.1) is 6.10 Å². The van der Waals surface area contributed by atoms with Gasteiger partial charge in [0, 0.05) is 7.11 Å². The molecule has 0 saturated heterocycles. The van der Waals surface area contributed by atoms with Gasteiger partial charge in [-0.05, 0) is 92.3 Å². The molecule has 0 amide bonds. The molecule has 0 spiro atoms. The van der Waals surface area contributed by atoms with Crippen LogP contribution in [0.25, 0.3) is 0 Å². The van der Waals surface area contributed by atoms with Crippen LogP contribution in [0.1, 0.15) is 78.1 Å². The molecule has 4 rings (SSSR count). The van der Waals surface area contributed by atoms with Crippen molar-refractivity contribution in [1.29, 1.82) is 0 Å². The molecule has 0 aliphatic heterocycles. The third kappa shape index (κ3) is 2.06. The molecular formula is C20H34O. The Labute approximate surface area is 131 Å². The lowest BCUT2D eigenvalue weighted by Gasteiger charge is -2.60. The van der Waals surface area contributed by atoms with Crippen molar-refractivity contribution >= 4 is 0 Å². The lowest BCUT2D eigenvalue weighted by atomic mass is 9.45. The predicted molar refractivity (Wildman–Crippen MR) is 87.1 cm³/mol. The summed E-state index contributed by atoms with van der Waals surface area (Å²) in [7, 11) is 1.92. The van der Waals surface area contributed by atoms with E-state index in [0.29, 0.717) is 16.9 Å². The van der Waals surface area contributed by atoms with Gasteiger partial charge in [-0.2, -0.15) is 0 Å². The SMILES string of the molecule is COC1CCC2(C)C(CCC3C2CC[C@]2(C)CCCC32)C1. The summed E-state index contributed by atoms with van der Waals surface area (Å²) in [6.45, 7) is 5.29. The molecule has 1 nitrogen and oxygen atoms in total. The van der Waals surface area contributed by atoms with Crippen LogP contribution in [-0.4, -0.2) is 13.2 Å². The molecule has 0 bridgehead atoms. The van der Waals surface area contributed by atoms with Crippen LogP contribution >= 0.6 is 0 Å². The lowest BCUT2D eigenvalue weighted by molar-refractivity contribution is -0.125. The van der Waals surface area contributed by atoms with E-state index in [2.05, 4.69) is 13.8 Å². The van der Waals surface area contributed by atoms with Crippen LogP contribution in [0.2, 0.25) is 0 Å². The highest BCUT2D eigenvalue weighted by molar-refractivity contribution is 5.07. The largest absolute Gasteiger partial charge is 0.381 e. The first-order valence-corrected chi connectivity index (χ1v) is 9.60. The summed E-state index contributed by atoms with van der Waals surface area (Å²) in [5.74, 6) is 4.11. The Morgan fingerprint density at radius 3 is 2.52 bits per heavy atom. The van der Waals surface area contributed by atoms with E-state index in [-0.39, 0.29) is 0 Å². The zero-order chi connectivity index (χ0) is 14.7. The van der Waals surface area contributed by atoms with Crippen LogP contribution in [-0.2, 0) is 4.74 Å². The Morgan fingerprint density at radius 2 is 1.71 bits per heavy atom. The number of methoxy groups -OCH3 is 1. The highest BCUT2D eigenvalue weighted by Gasteiger charge is 2.57. The summed E-state index contributed by atoms with van der Waals surface area (Å²) < 4.78 is 5.71. The Kier molecular flexibility index (Phi) is 3.45. The number of hydrogen-bond acceptors (Lipinski definition) is 1. The van der Waals surface area contributed by atoms with Gasteiger partial charge < -0.3 is 4.74 Å². The van der Waals surface area contributed by atoms with Crippen molar-refractivity contribution in [3.63, 3.8) is 0 Å². The van der Waals surface area contributed by atoms with Crippen LogP contribution in [0.4, 0.5) is 0 Å². The van der Waals surface area contributed by atoms with Crippen molar-refractivity contribution in [3.05, 3.63) is 0 Å². The number of rotatable bonds is 1. The maximum absolute atomic E-state index is 5.71. The molecule has 4 saturated carbocycles. The van der Waals surface area contributed by atoms with Crippen molar-refractivity contribution in [3.8, 4) is 0 Å². The standard InChI is InChI=1S/C20H34O/c1-19-10-4-5-17(19)16-7-6-14-13-15(21-3)8-12-20(14,2)18(16)9-11-19/h14-18H,4-13H2,1-3H3/t14?,15?,16?,17?,18?,19-,20?/m0/s1. The number of fused-ring (bicyclic) bond motifs is 5. The van der Waals surface area contributed by atoms with Crippen molar-refractivity contribution in [2.75, 3.05) is 7.11 Å². The van der Waals surface area contributed by atoms with E-state index in [4.69, 9.17) is 4.74 Å². The molecule has 0 aromatic rings. The molecule has 0 radical (unpaired) electrons. The van der Waals surface area contributed by atoms with Crippen molar-refractivity contribution in [2.24, 2.45) is 34.5 Å². The van der Waals surface area contributed by atoms with Crippen LogP contribution in [0.3, 0.4) is 0 Å². The van der Waals surface area contributed by atoms with Crippen molar-refractivity contribution in [1.82, 2.24) is 0 Å². The monoisotopic (exact) mass is 290 g/mol. The van der Waals surface area contributed by atoms with Gasteiger partial charge in [-0.25, -0.2) is 0 Å². The summed E-state index contributed by atoms with van der Waals surface area (Å²) in [5, 5.41) is 0. The molecule has 120 valence electrons. The van der Waals surface area contributed by atoms with E-state index in [1.165, 1.54) is 57.8 Å². The molecule has 0 aromatic carbocycles.